The third-order valence-corrected chi connectivity index (χ3v) is 4.11. The van der Waals surface area contributed by atoms with E-state index in [9.17, 15) is 9.18 Å². The highest BCUT2D eigenvalue weighted by Gasteiger charge is 2.12. The number of halogens is 2. The molecule has 0 aliphatic heterocycles. The van der Waals surface area contributed by atoms with E-state index in [1.54, 1.807) is 24.3 Å². The molecule has 0 saturated heterocycles. The van der Waals surface area contributed by atoms with Crippen molar-refractivity contribution in [3.63, 3.8) is 0 Å². The molecule has 0 saturated carbocycles. The monoisotopic (exact) mass is 346 g/mol. The van der Waals surface area contributed by atoms with Crippen LogP contribution in [0.5, 0.6) is 0 Å². The molecule has 3 rings (SSSR count). The fraction of sp³-hybridized carbons (Fsp3) is 0. The van der Waals surface area contributed by atoms with Gasteiger partial charge in [-0.2, -0.15) is 5.26 Å². The van der Waals surface area contributed by atoms with Gasteiger partial charge in [0.05, 0.1) is 21.5 Å². The Kier molecular flexibility index (Phi) is 4.10. The van der Waals surface area contributed by atoms with Crippen molar-refractivity contribution in [1.29, 1.82) is 5.26 Å². The van der Waals surface area contributed by atoms with Crippen LogP contribution in [0.3, 0.4) is 0 Å². The molecule has 0 aliphatic carbocycles. The third-order valence-electron chi connectivity index (χ3n) is 2.94. The Morgan fingerprint density at radius 1 is 1.30 bits per heavy atom. The Balaban J connectivity index is 1.77. The number of rotatable bonds is 2. The minimum absolute atomic E-state index is 0.0781. The van der Waals surface area contributed by atoms with Crippen LogP contribution in [0.4, 0.5) is 20.0 Å². The predicted molar refractivity (Wildman–Crippen MR) is 88.4 cm³/mol. The van der Waals surface area contributed by atoms with Gasteiger partial charge in [-0.1, -0.05) is 29.0 Å². The van der Waals surface area contributed by atoms with Gasteiger partial charge in [0, 0.05) is 5.02 Å². The molecule has 5 nitrogen and oxygen atoms in total. The summed E-state index contributed by atoms with van der Waals surface area (Å²) in [7, 11) is 0. The minimum atomic E-state index is -0.777. The molecule has 0 aliphatic rings. The fourth-order valence-corrected chi connectivity index (χ4v) is 3.05. The number of nitrogens with zero attached hydrogens (tertiary/aromatic N) is 2. The van der Waals surface area contributed by atoms with Gasteiger partial charge in [0.25, 0.3) is 0 Å². The summed E-state index contributed by atoms with van der Waals surface area (Å²) in [6.07, 6.45) is 0. The van der Waals surface area contributed by atoms with E-state index < -0.39 is 11.8 Å². The summed E-state index contributed by atoms with van der Waals surface area (Å²) in [5, 5.41) is 14.6. The summed E-state index contributed by atoms with van der Waals surface area (Å²) in [4.78, 5) is 16.2. The van der Waals surface area contributed by atoms with Crippen LogP contribution < -0.4 is 10.6 Å². The first-order valence-electron chi connectivity index (χ1n) is 6.39. The number of nitriles is 1. The van der Waals surface area contributed by atoms with Crippen LogP contribution >= 0.6 is 22.9 Å². The van der Waals surface area contributed by atoms with Gasteiger partial charge in [-0.3, -0.25) is 5.32 Å². The minimum Gasteiger partial charge on any atom is -0.305 e. The van der Waals surface area contributed by atoms with Gasteiger partial charge in [0.1, 0.15) is 6.07 Å². The first kappa shape index (κ1) is 15.2. The van der Waals surface area contributed by atoms with Crippen molar-refractivity contribution in [2.24, 2.45) is 0 Å². The van der Waals surface area contributed by atoms with Gasteiger partial charge < -0.3 is 5.32 Å². The van der Waals surface area contributed by atoms with Crippen LogP contribution in [0, 0.1) is 17.1 Å². The maximum Gasteiger partial charge on any atom is 0.325 e. The second-order valence-electron chi connectivity index (χ2n) is 4.49. The summed E-state index contributed by atoms with van der Waals surface area (Å²) in [5.74, 6) is -0.777. The molecule has 0 fully saturated rings. The Bertz CT molecular complexity index is 950. The molecule has 2 aromatic carbocycles. The molecule has 3 aromatic rings. The molecule has 0 atom stereocenters. The van der Waals surface area contributed by atoms with Crippen LogP contribution in [-0.2, 0) is 0 Å². The van der Waals surface area contributed by atoms with Gasteiger partial charge in [-0.05, 0) is 30.3 Å². The standard InChI is InChI=1S/C15H8ClFN4OS/c16-9-4-5-10-12(6-9)23-15(20-10)21-14(22)19-11-3-1-2-8(7-18)13(11)17/h1-6H,(H2,19,20,21,22). The fourth-order valence-electron chi connectivity index (χ4n) is 1.92. The molecular formula is C15H8ClFN4OS. The number of urea groups is 1. The molecule has 0 spiro atoms. The summed E-state index contributed by atoms with van der Waals surface area (Å²) >= 11 is 7.15. The highest BCUT2D eigenvalue weighted by atomic mass is 35.5. The number of nitrogens with one attached hydrogen (secondary N) is 2. The first-order chi connectivity index (χ1) is 11.1. The smallest absolute Gasteiger partial charge is 0.305 e. The highest BCUT2D eigenvalue weighted by Crippen LogP contribution is 2.28. The number of benzene rings is 2. The lowest BCUT2D eigenvalue weighted by atomic mass is 10.2. The summed E-state index contributed by atoms with van der Waals surface area (Å²) in [5.41, 5.74) is 0.482. The van der Waals surface area contributed by atoms with E-state index in [0.29, 0.717) is 15.7 Å². The van der Waals surface area contributed by atoms with E-state index in [4.69, 9.17) is 16.9 Å². The largest absolute Gasteiger partial charge is 0.325 e. The van der Waals surface area contributed by atoms with Crippen molar-refractivity contribution in [3.05, 3.63) is 52.8 Å². The maximum absolute atomic E-state index is 13.9. The normalized spacial score (nSPS) is 10.3. The number of aromatic nitrogens is 1. The Morgan fingerprint density at radius 2 is 2.13 bits per heavy atom. The molecule has 8 heteroatoms. The lowest BCUT2D eigenvalue weighted by Gasteiger charge is -2.06. The second kappa shape index (κ2) is 6.20. The SMILES string of the molecule is N#Cc1cccc(NC(=O)Nc2nc3ccc(Cl)cc3s2)c1F. The second-order valence-corrected chi connectivity index (χ2v) is 5.96. The summed E-state index contributed by atoms with van der Waals surface area (Å²) < 4.78 is 14.7. The maximum atomic E-state index is 13.9. The van der Waals surface area contributed by atoms with Crippen molar-refractivity contribution in [2.75, 3.05) is 10.6 Å². The molecule has 1 heterocycles. The number of carbonyl (C=O) groups is 1. The number of anilines is 2. The van der Waals surface area contributed by atoms with Crippen LogP contribution in [0.15, 0.2) is 36.4 Å². The van der Waals surface area contributed by atoms with E-state index in [1.165, 1.54) is 29.5 Å². The van der Waals surface area contributed by atoms with Crippen LogP contribution in [0.1, 0.15) is 5.56 Å². The van der Waals surface area contributed by atoms with E-state index >= 15 is 0 Å². The number of fused-ring (bicyclic) bond motifs is 1. The van der Waals surface area contributed by atoms with Crippen LogP contribution in [0.25, 0.3) is 10.2 Å². The molecule has 114 valence electrons. The Hall–Kier alpha value is -2.69. The van der Waals surface area contributed by atoms with Crippen molar-refractivity contribution in [2.45, 2.75) is 0 Å². The molecule has 2 amide bonds. The molecular weight excluding hydrogens is 339 g/mol. The van der Waals surface area contributed by atoms with E-state index in [1.807, 2.05) is 0 Å². The van der Waals surface area contributed by atoms with Gasteiger partial charge in [-0.25, -0.2) is 14.2 Å². The van der Waals surface area contributed by atoms with Gasteiger partial charge >= 0.3 is 6.03 Å². The molecule has 0 radical (unpaired) electrons. The number of hydrogen-bond acceptors (Lipinski definition) is 4. The number of amides is 2. The van der Waals surface area contributed by atoms with Crippen molar-refractivity contribution in [3.8, 4) is 6.07 Å². The molecule has 0 bridgehead atoms. The molecule has 1 aromatic heterocycles. The van der Waals surface area contributed by atoms with Crippen LogP contribution in [0.2, 0.25) is 5.02 Å². The molecule has 0 unspecified atom stereocenters. The van der Waals surface area contributed by atoms with E-state index in [0.717, 1.165) is 4.70 Å². The number of carbonyl (C=O) groups excluding carboxylic acids is 1. The first-order valence-corrected chi connectivity index (χ1v) is 7.59. The zero-order chi connectivity index (χ0) is 16.4. The number of thiazole rings is 1. The number of hydrogen-bond donors (Lipinski definition) is 2. The van der Waals surface area contributed by atoms with Gasteiger partial charge in [0.2, 0.25) is 0 Å². The Morgan fingerprint density at radius 3 is 2.91 bits per heavy atom. The van der Waals surface area contributed by atoms with Gasteiger partial charge in [0.15, 0.2) is 10.9 Å². The van der Waals surface area contributed by atoms with E-state index in [-0.39, 0.29) is 11.3 Å². The van der Waals surface area contributed by atoms with Crippen molar-refractivity contribution < 1.29 is 9.18 Å². The lowest BCUT2D eigenvalue weighted by molar-refractivity contribution is 0.262. The third kappa shape index (κ3) is 3.23. The summed E-state index contributed by atoms with van der Waals surface area (Å²) in [6, 6.07) is 10.4. The molecule has 23 heavy (non-hydrogen) atoms. The van der Waals surface area contributed by atoms with Crippen molar-refractivity contribution in [1.82, 2.24) is 4.98 Å². The summed E-state index contributed by atoms with van der Waals surface area (Å²) in [6.45, 7) is 0. The quantitative estimate of drug-likeness (QED) is 0.711. The highest BCUT2D eigenvalue weighted by molar-refractivity contribution is 7.22. The van der Waals surface area contributed by atoms with Crippen LogP contribution in [-0.4, -0.2) is 11.0 Å². The topological polar surface area (TPSA) is 77.8 Å². The Labute approximate surface area is 139 Å². The lowest BCUT2D eigenvalue weighted by Crippen LogP contribution is -2.20. The average Bonchev–Trinajstić information content (AvgIpc) is 2.90. The van der Waals surface area contributed by atoms with Gasteiger partial charge in [-0.15, -0.1) is 0 Å². The zero-order valence-electron chi connectivity index (χ0n) is 11.4. The van der Waals surface area contributed by atoms with Crippen molar-refractivity contribution >= 4 is 50.0 Å². The average molecular weight is 347 g/mol. The predicted octanol–water partition coefficient (Wildman–Crippen LogP) is 4.60. The van der Waals surface area contributed by atoms with E-state index in [2.05, 4.69) is 15.6 Å². The molecule has 2 N–H and O–H groups in total. The zero-order valence-corrected chi connectivity index (χ0v) is 13.0.